The number of hydrogen-bond acceptors (Lipinski definition) is 11. The number of nitrogens with zero attached hydrogens (tertiary/aromatic N) is 1. The number of ether oxygens (including phenoxy) is 4. The molecule has 0 bridgehead atoms. The van der Waals surface area contributed by atoms with Crippen LogP contribution in [-0.2, 0) is 28.2 Å². The Balaban J connectivity index is 1.51. The number of benzene rings is 1. The van der Waals surface area contributed by atoms with Crippen LogP contribution in [0.2, 0.25) is 0 Å². The van der Waals surface area contributed by atoms with Gasteiger partial charge in [-0.05, 0) is 39.8 Å². The fourth-order valence-electron chi connectivity index (χ4n) is 4.01. The summed E-state index contributed by atoms with van der Waals surface area (Å²) in [5.41, 5.74) is -2.35. The Bertz CT molecular complexity index is 1210. The third-order valence-electron chi connectivity index (χ3n) is 5.97. The van der Waals surface area contributed by atoms with Crippen molar-refractivity contribution in [2.24, 2.45) is 0 Å². The van der Waals surface area contributed by atoms with Gasteiger partial charge in [0.15, 0.2) is 23.4 Å². The van der Waals surface area contributed by atoms with E-state index in [1.165, 1.54) is 30.2 Å². The summed E-state index contributed by atoms with van der Waals surface area (Å²) in [4.78, 5) is 25.2. The first kappa shape index (κ1) is 28.8. The van der Waals surface area contributed by atoms with Crippen LogP contribution >= 0.6 is 7.75 Å². The highest BCUT2D eigenvalue weighted by atomic mass is 31.2. The van der Waals surface area contributed by atoms with Gasteiger partial charge in [0.05, 0.1) is 12.7 Å². The van der Waals surface area contributed by atoms with Gasteiger partial charge in [0.2, 0.25) is 6.79 Å². The second-order valence-corrected chi connectivity index (χ2v) is 11.2. The summed E-state index contributed by atoms with van der Waals surface area (Å²) in [6, 6.07) is 3.29. The molecular formula is C24H31FN3O10P. The van der Waals surface area contributed by atoms with Gasteiger partial charge in [-0.25, -0.2) is 8.96 Å². The fraction of sp³-hybridized carbons (Fsp3) is 0.500. The van der Waals surface area contributed by atoms with Gasteiger partial charge < -0.3 is 38.8 Å². The Hall–Kier alpha value is -3.16. The standard InChI is InChI=1S/C24H31FN3O10P/c1-13(2)36-22(31)14(3)27-39(32,38-16-6-7-17-18(10-16)34-12-33-17)35-11-19-21(30)24(5,25)23(37-19)28-9-8-20(29)26-15(28)4/h6-10,13-14,19,21,23,30H,4,11-12H2,1-3,5H3,(H,26,29)(H,27,32)/t14-,19+,21+,23+,24+,39?/m0/s1. The number of rotatable bonds is 10. The highest BCUT2D eigenvalue weighted by Gasteiger charge is 2.57. The molecule has 1 aromatic rings. The summed E-state index contributed by atoms with van der Waals surface area (Å²) < 4.78 is 62.1. The molecule has 0 aromatic heterocycles. The third-order valence-corrected chi connectivity index (χ3v) is 7.61. The van der Waals surface area contributed by atoms with Crippen molar-refractivity contribution in [3.05, 3.63) is 42.9 Å². The minimum absolute atomic E-state index is 0.00561. The molecule has 3 N–H and O–H groups in total. The monoisotopic (exact) mass is 571 g/mol. The zero-order valence-corrected chi connectivity index (χ0v) is 22.7. The zero-order valence-electron chi connectivity index (χ0n) is 21.8. The van der Waals surface area contributed by atoms with Crippen LogP contribution < -0.4 is 24.4 Å². The van der Waals surface area contributed by atoms with Crippen molar-refractivity contribution >= 4 is 19.6 Å². The summed E-state index contributed by atoms with van der Waals surface area (Å²) in [5.74, 6) is -0.256. The number of aliphatic hydroxyl groups is 1. The predicted octanol–water partition coefficient (Wildman–Crippen LogP) is 2.08. The van der Waals surface area contributed by atoms with Crippen LogP contribution in [0, 0.1) is 0 Å². The molecule has 1 fully saturated rings. The first-order valence-electron chi connectivity index (χ1n) is 12.1. The maximum Gasteiger partial charge on any atom is 0.459 e. The number of carbonyl (C=O) groups excluding carboxylic acids is 2. The molecule has 13 nitrogen and oxygen atoms in total. The van der Waals surface area contributed by atoms with Gasteiger partial charge in [-0.3, -0.25) is 14.1 Å². The molecule has 0 saturated carbocycles. The number of carbonyl (C=O) groups is 2. The number of hydrogen-bond donors (Lipinski definition) is 3. The van der Waals surface area contributed by atoms with Gasteiger partial charge in [0, 0.05) is 18.3 Å². The number of nitrogens with one attached hydrogen (secondary N) is 2. The molecule has 3 aliphatic rings. The predicted molar refractivity (Wildman–Crippen MR) is 133 cm³/mol. The molecule has 1 aromatic carbocycles. The van der Waals surface area contributed by atoms with Gasteiger partial charge in [0.1, 0.15) is 29.8 Å². The summed E-state index contributed by atoms with van der Waals surface area (Å²) in [5, 5.41) is 15.7. The highest BCUT2D eigenvalue weighted by molar-refractivity contribution is 7.52. The van der Waals surface area contributed by atoms with E-state index in [2.05, 4.69) is 17.0 Å². The molecule has 0 aliphatic carbocycles. The molecule has 214 valence electrons. The SMILES string of the molecule is C=C1NC(=O)C=CN1[C@@H]1O[C@H](COP(=O)(N[C@@H](C)C(=O)OC(C)C)Oc2ccc3c(c2)OCO3)[C@@H](O)[C@@]1(C)F. The quantitative estimate of drug-likeness (QED) is 0.278. The van der Waals surface area contributed by atoms with Crippen molar-refractivity contribution in [2.75, 3.05) is 13.4 Å². The van der Waals surface area contributed by atoms with Crippen molar-refractivity contribution in [1.29, 1.82) is 0 Å². The molecule has 1 unspecified atom stereocenters. The van der Waals surface area contributed by atoms with E-state index in [1.807, 2.05) is 0 Å². The second kappa shape index (κ2) is 11.1. The lowest BCUT2D eigenvalue weighted by Crippen LogP contribution is -2.51. The minimum atomic E-state index is -4.38. The topological polar surface area (TPSA) is 154 Å². The van der Waals surface area contributed by atoms with Crippen LogP contribution in [0.15, 0.2) is 42.9 Å². The van der Waals surface area contributed by atoms with Gasteiger partial charge in [0.25, 0.3) is 5.91 Å². The van der Waals surface area contributed by atoms with Gasteiger partial charge in [-0.1, -0.05) is 6.58 Å². The highest BCUT2D eigenvalue weighted by Crippen LogP contribution is 2.48. The van der Waals surface area contributed by atoms with Gasteiger partial charge in [-0.2, -0.15) is 5.09 Å². The summed E-state index contributed by atoms with van der Waals surface area (Å²) >= 11 is 0. The van der Waals surface area contributed by atoms with Crippen LogP contribution in [0.1, 0.15) is 27.7 Å². The molecule has 1 amide bonds. The van der Waals surface area contributed by atoms with Crippen LogP contribution in [0.3, 0.4) is 0 Å². The Labute approximate surface area is 224 Å². The Morgan fingerprint density at radius 2 is 2.08 bits per heavy atom. The number of aliphatic hydroxyl groups excluding tert-OH is 1. The molecule has 3 aliphatic heterocycles. The molecular weight excluding hydrogens is 540 g/mol. The average Bonchev–Trinajstić information content (AvgIpc) is 3.39. The lowest BCUT2D eigenvalue weighted by molar-refractivity contribution is -0.149. The summed E-state index contributed by atoms with van der Waals surface area (Å²) in [7, 11) is -4.38. The fourth-order valence-corrected chi connectivity index (χ4v) is 5.51. The van der Waals surface area contributed by atoms with E-state index < -0.39 is 62.5 Å². The smallest absolute Gasteiger partial charge is 0.459 e. The second-order valence-electron chi connectivity index (χ2n) is 9.52. The largest absolute Gasteiger partial charge is 0.462 e. The third kappa shape index (κ3) is 6.36. The number of fused-ring (bicyclic) bond motifs is 1. The summed E-state index contributed by atoms with van der Waals surface area (Å²) in [6.07, 6.45) is -2.45. The molecule has 15 heteroatoms. The Morgan fingerprint density at radius 3 is 2.77 bits per heavy atom. The van der Waals surface area contributed by atoms with E-state index >= 15 is 4.39 Å². The number of amides is 1. The number of alkyl halides is 1. The Kier molecular flexibility index (Phi) is 8.24. The lowest BCUT2D eigenvalue weighted by atomic mass is 9.98. The van der Waals surface area contributed by atoms with E-state index in [-0.39, 0.29) is 18.4 Å². The molecule has 4 rings (SSSR count). The maximum absolute atomic E-state index is 15.6. The van der Waals surface area contributed by atoms with E-state index in [4.69, 9.17) is 28.0 Å². The summed E-state index contributed by atoms with van der Waals surface area (Å²) in [6.45, 7) is 8.92. The molecule has 6 atom stereocenters. The van der Waals surface area contributed by atoms with E-state index in [0.29, 0.717) is 11.5 Å². The van der Waals surface area contributed by atoms with Crippen LogP contribution in [0.4, 0.5) is 4.39 Å². The van der Waals surface area contributed by atoms with Gasteiger partial charge in [-0.15, -0.1) is 0 Å². The zero-order chi connectivity index (χ0) is 28.5. The normalized spacial score (nSPS) is 28.3. The van der Waals surface area contributed by atoms with Crippen LogP contribution in [-0.4, -0.2) is 71.5 Å². The molecule has 3 heterocycles. The number of esters is 1. The number of halogens is 1. The van der Waals surface area contributed by atoms with E-state index in [9.17, 15) is 19.3 Å². The van der Waals surface area contributed by atoms with Crippen molar-refractivity contribution in [3.63, 3.8) is 0 Å². The van der Waals surface area contributed by atoms with E-state index in [0.717, 1.165) is 13.0 Å². The Morgan fingerprint density at radius 1 is 1.36 bits per heavy atom. The van der Waals surface area contributed by atoms with Crippen molar-refractivity contribution in [1.82, 2.24) is 15.3 Å². The van der Waals surface area contributed by atoms with Gasteiger partial charge >= 0.3 is 13.7 Å². The average molecular weight is 571 g/mol. The first-order valence-corrected chi connectivity index (χ1v) is 13.6. The van der Waals surface area contributed by atoms with Crippen LogP contribution in [0.5, 0.6) is 17.2 Å². The molecule has 39 heavy (non-hydrogen) atoms. The molecule has 0 radical (unpaired) electrons. The van der Waals surface area contributed by atoms with Crippen molar-refractivity contribution in [2.45, 2.75) is 63.9 Å². The maximum atomic E-state index is 15.6. The lowest BCUT2D eigenvalue weighted by Gasteiger charge is -2.35. The molecule has 1 saturated heterocycles. The first-order chi connectivity index (χ1) is 18.3. The van der Waals surface area contributed by atoms with Crippen molar-refractivity contribution < 1.29 is 51.6 Å². The molecule has 0 spiro atoms. The van der Waals surface area contributed by atoms with E-state index in [1.54, 1.807) is 19.9 Å². The van der Waals surface area contributed by atoms with Crippen molar-refractivity contribution in [3.8, 4) is 17.2 Å². The minimum Gasteiger partial charge on any atom is -0.462 e. The van der Waals surface area contributed by atoms with Crippen LogP contribution in [0.25, 0.3) is 0 Å².